The molecule has 5 nitrogen and oxygen atoms in total. The van der Waals surface area contributed by atoms with Crippen molar-refractivity contribution in [3.05, 3.63) is 23.8 Å². The number of hydrogen-bond acceptors (Lipinski definition) is 4. The van der Waals surface area contributed by atoms with Gasteiger partial charge in [0, 0.05) is 18.8 Å². The molecule has 0 saturated carbocycles. The van der Waals surface area contributed by atoms with Crippen LogP contribution in [0.5, 0.6) is 0 Å². The number of nitrogens with one attached hydrogen (secondary N) is 1. The van der Waals surface area contributed by atoms with Crippen molar-refractivity contribution in [3.8, 4) is 0 Å². The van der Waals surface area contributed by atoms with Gasteiger partial charge in [0.1, 0.15) is 5.69 Å². The summed E-state index contributed by atoms with van der Waals surface area (Å²) >= 11 is 0. The highest BCUT2D eigenvalue weighted by molar-refractivity contribution is 5.98. The van der Waals surface area contributed by atoms with Crippen LogP contribution < -0.4 is 5.43 Å². The first-order chi connectivity index (χ1) is 7.15. The van der Waals surface area contributed by atoms with Crippen molar-refractivity contribution < 1.29 is 4.79 Å². The van der Waals surface area contributed by atoms with E-state index in [1.54, 1.807) is 26.2 Å². The Labute approximate surface area is 88.6 Å². The second-order valence-electron chi connectivity index (χ2n) is 3.08. The van der Waals surface area contributed by atoms with Gasteiger partial charge < -0.3 is 0 Å². The molecule has 5 heteroatoms. The molecule has 0 bridgehead atoms. The molecule has 1 aromatic heterocycles. The maximum absolute atomic E-state index is 11.0. The van der Waals surface area contributed by atoms with E-state index in [2.05, 4.69) is 20.5 Å². The lowest BCUT2D eigenvalue weighted by molar-refractivity contribution is -0.120. The normalized spacial score (nSPS) is 11.3. The van der Waals surface area contributed by atoms with E-state index < -0.39 is 0 Å². The highest BCUT2D eigenvalue weighted by Gasteiger charge is 2.04. The lowest BCUT2D eigenvalue weighted by Crippen LogP contribution is -2.18. The van der Waals surface area contributed by atoms with Crippen LogP contribution in [0, 0.1) is 6.92 Å². The molecule has 0 unspecified atom stereocenters. The van der Waals surface area contributed by atoms with Crippen molar-refractivity contribution in [1.82, 2.24) is 15.4 Å². The first-order valence-corrected chi connectivity index (χ1v) is 4.76. The van der Waals surface area contributed by atoms with Gasteiger partial charge in [0.25, 0.3) is 0 Å². The topological polar surface area (TPSA) is 67.2 Å². The predicted molar refractivity (Wildman–Crippen MR) is 57.4 cm³/mol. The summed E-state index contributed by atoms with van der Waals surface area (Å²) in [6.07, 6.45) is 3.63. The van der Waals surface area contributed by atoms with E-state index in [1.165, 1.54) is 0 Å². The minimum atomic E-state index is -0.115. The maximum Gasteiger partial charge on any atom is 0.239 e. The monoisotopic (exact) mass is 206 g/mol. The van der Waals surface area contributed by atoms with E-state index in [4.69, 9.17) is 0 Å². The summed E-state index contributed by atoms with van der Waals surface area (Å²) in [6.45, 7) is 5.41. The number of carbonyl (C=O) groups is 1. The molecule has 0 spiro atoms. The number of carbonyl (C=O) groups excluding carboxylic acids is 1. The number of nitrogens with zero attached hydrogens (tertiary/aromatic N) is 3. The number of hydrogen-bond donors (Lipinski definition) is 1. The highest BCUT2D eigenvalue weighted by atomic mass is 16.2. The van der Waals surface area contributed by atoms with Crippen LogP contribution >= 0.6 is 0 Å². The zero-order valence-corrected chi connectivity index (χ0v) is 9.11. The van der Waals surface area contributed by atoms with E-state index in [0.29, 0.717) is 17.8 Å². The van der Waals surface area contributed by atoms with Crippen LogP contribution in [0.15, 0.2) is 17.5 Å². The largest absolute Gasteiger partial charge is 0.273 e. The molecule has 0 radical (unpaired) electrons. The number of hydrazone groups is 1. The molecule has 0 aliphatic rings. The molecule has 0 aliphatic heterocycles. The first kappa shape index (κ1) is 11.3. The van der Waals surface area contributed by atoms with Gasteiger partial charge in [-0.25, -0.2) is 5.43 Å². The summed E-state index contributed by atoms with van der Waals surface area (Å²) in [5.41, 5.74) is 4.59. The third kappa shape index (κ3) is 3.12. The molecule has 0 aliphatic carbocycles. The Morgan fingerprint density at radius 1 is 1.47 bits per heavy atom. The summed E-state index contributed by atoms with van der Waals surface area (Å²) in [5.74, 6) is -0.115. The molecule has 0 saturated heterocycles. The van der Waals surface area contributed by atoms with Crippen LogP contribution in [0.3, 0.4) is 0 Å². The van der Waals surface area contributed by atoms with Gasteiger partial charge in [-0.3, -0.25) is 14.8 Å². The lowest BCUT2D eigenvalue weighted by Gasteiger charge is -2.02. The van der Waals surface area contributed by atoms with Crippen LogP contribution in [0.25, 0.3) is 0 Å². The van der Waals surface area contributed by atoms with Gasteiger partial charge in [-0.05, 0) is 13.8 Å². The minimum absolute atomic E-state index is 0.115. The zero-order valence-electron chi connectivity index (χ0n) is 9.11. The SMILES string of the molecule is CCC(=O)NN=C(C)c1nccnc1C. The zero-order chi connectivity index (χ0) is 11.3. The van der Waals surface area contributed by atoms with E-state index in [-0.39, 0.29) is 5.91 Å². The Morgan fingerprint density at radius 3 is 2.73 bits per heavy atom. The summed E-state index contributed by atoms with van der Waals surface area (Å²) in [7, 11) is 0. The van der Waals surface area contributed by atoms with E-state index in [1.807, 2.05) is 6.92 Å². The summed E-state index contributed by atoms with van der Waals surface area (Å²) in [4.78, 5) is 19.2. The van der Waals surface area contributed by atoms with Crippen molar-refractivity contribution in [3.63, 3.8) is 0 Å². The third-order valence-electron chi connectivity index (χ3n) is 1.89. The first-order valence-electron chi connectivity index (χ1n) is 4.76. The summed E-state index contributed by atoms with van der Waals surface area (Å²) in [6, 6.07) is 0. The highest BCUT2D eigenvalue weighted by Crippen LogP contribution is 2.00. The molecule has 1 rings (SSSR count). The minimum Gasteiger partial charge on any atom is -0.273 e. The fourth-order valence-corrected chi connectivity index (χ4v) is 1.04. The molecule has 1 N–H and O–H groups in total. The molecule has 80 valence electrons. The second kappa shape index (κ2) is 5.19. The lowest BCUT2D eigenvalue weighted by atomic mass is 10.2. The van der Waals surface area contributed by atoms with Crippen LogP contribution in [0.1, 0.15) is 31.7 Å². The van der Waals surface area contributed by atoms with Crippen molar-refractivity contribution in [2.45, 2.75) is 27.2 Å². The van der Waals surface area contributed by atoms with E-state index in [9.17, 15) is 4.79 Å². The molecule has 0 aromatic carbocycles. The number of amides is 1. The van der Waals surface area contributed by atoms with Crippen molar-refractivity contribution in [2.75, 3.05) is 0 Å². The molecular weight excluding hydrogens is 192 g/mol. The summed E-state index contributed by atoms with van der Waals surface area (Å²) < 4.78 is 0. The Kier molecular flexibility index (Phi) is 3.91. The Bertz CT molecular complexity index is 387. The molecule has 1 heterocycles. The third-order valence-corrected chi connectivity index (χ3v) is 1.89. The molecule has 1 aromatic rings. The van der Waals surface area contributed by atoms with Gasteiger partial charge in [0.2, 0.25) is 5.91 Å². The van der Waals surface area contributed by atoms with Crippen LogP contribution in [0.4, 0.5) is 0 Å². The fourth-order valence-electron chi connectivity index (χ4n) is 1.04. The number of aromatic nitrogens is 2. The van der Waals surface area contributed by atoms with E-state index >= 15 is 0 Å². The Hall–Kier alpha value is -1.78. The molecule has 0 fully saturated rings. The molecule has 1 amide bonds. The number of rotatable bonds is 3. The second-order valence-corrected chi connectivity index (χ2v) is 3.08. The molecule has 15 heavy (non-hydrogen) atoms. The van der Waals surface area contributed by atoms with Gasteiger partial charge in [-0.2, -0.15) is 5.10 Å². The van der Waals surface area contributed by atoms with E-state index in [0.717, 1.165) is 5.69 Å². The maximum atomic E-state index is 11.0. The van der Waals surface area contributed by atoms with Gasteiger partial charge in [-0.1, -0.05) is 6.92 Å². The smallest absolute Gasteiger partial charge is 0.239 e. The van der Waals surface area contributed by atoms with Crippen LogP contribution in [0.2, 0.25) is 0 Å². The molecular formula is C10H14N4O. The van der Waals surface area contributed by atoms with Crippen molar-refractivity contribution in [1.29, 1.82) is 0 Å². The van der Waals surface area contributed by atoms with Crippen LogP contribution in [-0.2, 0) is 4.79 Å². The van der Waals surface area contributed by atoms with Crippen molar-refractivity contribution >= 4 is 11.6 Å². The van der Waals surface area contributed by atoms with Gasteiger partial charge in [0.15, 0.2) is 0 Å². The van der Waals surface area contributed by atoms with Crippen molar-refractivity contribution in [2.24, 2.45) is 5.10 Å². The number of aryl methyl sites for hydroxylation is 1. The van der Waals surface area contributed by atoms with Gasteiger partial charge >= 0.3 is 0 Å². The van der Waals surface area contributed by atoms with Gasteiger partial charge in [-0.15, -0.1) is 0 Å². The summed E-state index contributed by atoms with van der Waals surface area (Å²) in [5, 5.41) is 3.94. The van der Waals surface area contributed by atoms with Crippen LogP contribution in [-0.4, -0.2) is 21.6 Å². The average Bonchev–Trinajstić information content (AvgIpc) is 2.26. The molecule has 0 atom stereocenters. The quantitative estimate of drug-likeness (QED) is 0.593. The Morgan fingerprint density at radius 2 is 2.13 bits per heavy atom. The predicted octanol–water partition coefficient (Wildman–Crippen LogP) is 1.04. The Balaban J connectivity index is 2.80. The van der Waals surface area contributed by atoms with Gasteiger partial charge in [0.05, 0.1) is 11.4 Å². The average molecular weight is 206 g/mol. The fraction of sp³-hybridized carbons (Fsp3) is 0.400. The standard InChI is InChI=1S/C10H14N4O/c1-4-9(15)14-13-8(3)10-7(2)11-5-6-12-10/h5-6H,4H2,1-3H3,(H,14,15).